The SMILES string of the molecule is O=S(=O)(NCC(O)c1ccccc1)c1ccc(Cl)nc1. The molecule has 0 saturated carbocycles. The number of hydrogen-bond acceptors (Lipinski definition) is 4. The summed E-state index contributed by atoms with van der Waals surface area (Å²) in [6.45, 7) is -0.116. The summed E-state index contributed by atoms with van der Waals surface area (Å²) in [5.41, 5.74) is 0.643. The molecule has 1 aromatic heterocycles. The first-order chi connectivity index (χ1) is 9.49. The van der Waals surface area contributed by atoms with E-state index in [1.165, 1.54) is 18.3 Å². The van der Waals surface area contributed by atoms with Gasteiger partial charge in [0.1, 0.15) is 10.0 Å². The average molecular weight is 313 g/mol. The van der Waals surface area contributed by atoms with Crippen LogP contribution >= 0.6 is 11.6 Å². The molecule has 1 atom stereocenters. The number of benzene rings is 1. The Morgan fingerprint density at radius 1 is 1.20 bits per heavy atom. The summed E-state index contributed by atoms with van der Waals surface area (Å²) in [6.07, 6.45) is 0.255. The fourth-order valence-corrected chi connectivity index (χ4v) is 2.68. The minimum atomic E-state index is -3.71. The zero-order valence-electron chi connectivity index (χ0n) is 10.4. The summed E-state index contributed by atoms with van der Waals surface area (Å²) in [5.74, 6) is 0. The van der Waals surface area contributed by atoms with Gasteiger partial charge in [-0.05, 0) is 17.7 Å². The summed E-state index contributed by atoms with van der Waals surface area (Å²) >= 11 is 5.60. The van der Waals surface area contributed by atoms with Crippen LogP contribution in [0.25, 0.3) is 0 Å². The Hall–Kier alpha value is -1.47. The molecule has 0 aliphatic rings. The van der Waals surface area contributed by atoms with Crippen LogP contribution in [-0.2, 0) is 10.0 Å². The summed E-state index contributed by atoms with van der Waals surface area (Å²) in [4.78, 5) is 3.72. The van der Waals surface area contributed by atoms with Crippen LogP contribution in [0.3, 0.4) is 0 Å². The zero-order valence-corrected chi connectivity index (χ0v) is 12.0. The molecule has 20 heavy (non-hydrogen) atoms. The molecule has 0 saturated heterocycles. The van der Waals surface area contributed by atoms with Gasteiger partial charge in [0.05, 0.1) is 6.10 Å². The van der Waals surface area contributed by atoms with Gasteiger partial charge in [0, 0.05) is 12.7 Å². The number of rotatable bonds is 5. The van der Waals surface area contributed by atoms with E-state index in [4.69, 9.17) is 11.6 Å². The number of aliphatic hydroxyl groups is 1. The highest BCUT2D eigenvalue weighted by Gasteiger charge is 2.16. The second kappa shape index (κ2) is 6.32. The Balaban J connectivity index is 2.04. The lowest BCUT2D eigenvalue weighted by atomic mass is 10.1. The van der Waals surface area contributed by atoms with Crippen LogP contribution in [-0.4, -0.2) is 25.1 Å². The van der Waals surface area contributed by atoms with E-state index >= 15 is 0 Å². The second-order valence-electron chi connectivity index (χ2n) is 4.10. The topological polar surface area (TPSA) is 79.3 Å². The van der Waals surface area contributed by atoms with Crippen LogP contribution in [0.2, 0.25) is 5.15 Å². The predicted molar refractivity (Wildman–Crippen MR) is 75.8 cm³/mol. The van der Waals surface area contributed by atoms with Crippen LogP contribution in [0.4, 0.5) is 0 Å². The highest BCUT2D eigenvalue weighted by Crippen LogP contribution is 2.14. The molecule has 1 unspecified atom stereocenters. The van der Waals surface area contributed by atoms with Gasteiger partial charge in [0.15, 0.2) is 0 Å². The van der Waals surface area contributed by atoms with Crippen molar-refractivity contribution in [1.29, 1.82) is 0 Å². The number of nitrogens with zero attached hydrogens (tertiary/aromatic N) is 1. The largest absolute Gasteiger partial charge is 0.387 e. The van der Waals surface area contributed by atoms with E-state index in [-0.39, 0.29) is 16.6 Å². The molecular formula is C13H13ClN2O3S. The van der Waals surface area contributed by atoms with E-state index in [1.54, 1.807) is 24.3 Å². The van der Waals surface area contributed by atoms with E-state index in [0.717, 1.165) is 0 Å². The third-order valence-corrected chi connectivity index (χ3v) is 4.29. The maximum atomic E-state index is 12.0. The fourth-order valence-electron chi connectivity index (χ4n) is 1.59. The molecule has 5 nitrogen and oxygen atoms in total. The van der Waals surface area contributed by atoms with Crippen molar-refractivity contribution in [3.63, 3.8) is 0 Å². The molecule has 2 rings (SSSR count). The molecule has 1 heterocycles. The van der Waals surface area contributed by atoms with Crippen LogP contribution in [0.15, 0.2) is 53.6 Å². The highest BCUT2D eigenvalue weighted by atomic mass is 35.5. The van der Waals surface area contributed by atoms with Crippen LogP contribution in [0, 0.1) is 0 Å². The van der Waals surface area contributed by atoms with Gasteiger partial charge in [0.25, 0.3) is 0 Å². The number of sulfonamides is 1. The summed E-state index contributed by atoms with van der Waals surface area (Å²) in [5, 5.41) is 10.1. The number of pyridine rings is 1. The Bertz CT molecular complexity index is 660. The van der Waals surface area contributed by atoms with E-state index in [1.807, 2.05) is 6.07 Å². The lowest BCUT2D eigenvalue weighted by molar-refractivity contribution is 0.182. The van der Waals surface area contributed by atoms with Crippen molar-refractivity contribution >= 4 is 21.6 Å². The molecule has 0 aliphatic carbocycles. The van der Waals surface area contributed by atoms with Gasteiger partial charge in [-0.25, -0.2) is 18.1 Å². The minimum Gasteiger partial charge on any atom is -0.387 e. The zero-order chi connectivity index (χ0) is 14.6. The van der Waals surface area contributed by atoms with Crippen molar-refractivity contribution in [2.45, 2.75) is 11.0 Å². The van der Waals surface area contributed by atoms with E-state index in [2.05, 4.69) is 9.71 Å². The number of aromatic nitrogens is 1. The molecule has 7 heteroatoms. The fraction of sp³-hybridized carbons (Fsp3) is 0.154. The first-order valence-electron chi connectivity index (χ1n) is 5.83. The highest BCUT2D eigenvalue weighted by molar-refractivity contribution is 7.89. The molecule has 0 aliphatic heterocycles. The molecular weight excluding hydrogens is 300 g/mol. The lowest BCUT2D eigenvalue weighted by Crippen LogP contribution is -2.28. The Morgan fingerprint density at radius 2 is 1.90 bits per heavy atom. The standard InChI is InChI=1S/C13H13ClN2O3S/c14-13-7-6-11(8-15-13)20(18,19)16-9-12(17)10-4-2-1-3-5-10/h1-8,12,16-17H,9H2. The van der Waals surface area contributed by atoms with Gasteiger partial charge >= 0.3 is 0 Å². The monoisotopic (exact) mass is 312 g/mol. The van der Waals surface area contributed by atoms with Crippen molar-refractivity contribution in [3.05, 3.63) is 59.4 Å². The third kappa shape index (κ3) is 3.77. The summed E-state index contributed by atoms with van der Waals surface area (Å²) in [6, 6.07) is 11.6. The predicted octanol–water partition coefficient (Wildman–Crippen LogP) is 1.75. The summed E-state index contributed by atoms with van der Waals surface area (Å²) < 4.78 is 26.3. The smallest absolute Gasteiger partial charge is 0.242 e. The Kier molecular flexibility index (Phi) is 4.72. The van der Waals surface area contributed by atoms with Crippen molar-refractivity contribution in [2.75, 3.05) is 6.54 Å². The second-order valence-corrected chi connectivity index (χ2v) is 6.25. The van der Waals surface area contributed by atoms with Crippen molar-refractivity contribution < 1.29 is 13.5 Å². The van der Waals surface area contributed by atoms with Crippen molar-refractivity contribution in [1.82, 2.24) is 9.71 Å². The molecule has 0 bridgehead atoms. The van der Waals surface area contributed by atoms with Gasteiger partial charge in [-0.2, -0.15) is 0 Å². The van der Waals surface area contributed by atoms with Crippen molar-refractivity contribution in [3.8, 4) is 0 Å². The number of nitrogens with one attached hydrogen (secondary N) is 1. The van der Waals surface area contributed by atoms with Crippen LogP contribution < -0.4 is 4.72 Å². The molecule has 0 fully saturated rings. The Labute approximate surface area is 122 Å². The number of hydrogen-bond donors (Lipinski definition) is 2. The molecule has 0 amide bonds. The number of aliphatic hydroxyl groups excluding tert-OH is 1. The van der Waals surface area contributed by atoms with E-state index in [0.29, 0.717) is 5.56 Å². The first kappa shape index (κ1) is 14.9. The normalized spacial score (nSPS) is 13.1. The Morgan fingerprint density at radius 3 is 2.50 bits per heavy atom. The van der Waals surface area contributed by atoms with Gasteiger partial charge in [-0.15, -0.1) is 0 Å². The van der Waals surface area contributed by atoms with Crippen LogP contribution in [0.1, 0.15) is 11.7 Å². The first-order valence-corrected chi connectivity index (χ1v) is 7.69. The molecule has 1 aromatic carbocycles. The van der Waals surface area contributed by atoms with Crippen molar-refractivity contribution in [2.24, 2.45) is 0 Å². The quantitative estimate of drug-likeness (QED) is 0.824. The maximum absolute atomic E-state index is 12.0. The van der Waals surface area contributed by atoms with Gasteiger partial charge < -0.3 is 5.11 Å². The molecule has 2 aromatic rings. The van der Waals surface area contributed by atoms with E-state index < -0.39 is 16.1 Å². The van der Waals surface area contributed by atoms with Crippen LogP contribution in [0.5, 0.6) is 0 Å². The maximum Gasteiger partial charge on any atom is 0.242 e. The molecule has 106 valence electrons. The van der Waals surface area contributed by atoms with Gasteiger partial charge in [-0.1, -0.05) is 41.9 Å². The average Bonchev–Trinajstić information content (AvgIpc) is 2.46. The molecule has 0 spiro atoms. The van der Waals surface area contributed by atoms with Gasteiger partial charge in [0.2, 0.25) is 10.0 Å². The van der Waals surface area contributed by atoms with E-state index in [9.17, 15) is 13.5 Å². The molecule has 2 N–H and O–H groups in total. The lowest BCUT2D eigenvalue weighted by Gasteiger charge is -2.12. The number of halogens is 1. The van der Waals surface area contributed by atoms with Gasteiger partial charge in [-0.3, -0.25) is 0 Å². The third-order valence-electron chi connectivity index (χ3n) is 2.66. The molecule has 0 radical (unpaired) electrons. The minimum absolute atomic E-state index is 0.00200. The summed E-state index contributed by atoms with van der Waals surface area (Å²) in [7, 11) is -3.71.